The highest BCUT2D eigenvalue weighted by molar-refractivity contribution is 9.10. The lowest BCUT2D eigenvalue weighted by molar-refractivity contribution is -0.122. The Morgan fingerprint density at radius 1 is 1.64 bits per heavy atom. The summed E-state index contributed by atoms with van der Waals surface area (Å²) in [7, 11) is 1.52. The molecule has 1 aromatic carbocycles. The first-order valence-corrected chi connectivity index (χ1v) is 4.71. The molecule has 0 spiro atoms. The highest BCUT2D eigenvalue weighted by Crippen LogP contribution is 2.21. The average molecular weight is 262 g/mol. The summed E-state index contributed by atoms with van der Waals surface area (Å²) in [5.74, 6) is -0.149. The van der Waals surface area contributed by atoms with Crippen molar-refractivity contribution in [2.24, 2.45) is 0 Å². The van der Waals surface area contributed by atoms with E-state index in [9.17, 15) is 9.18 Å². The van der Waals surface area contributed by atoms with Gasteiger partial charge in [0.05, 0.1) is 4.47 Å². The normalized spacial score (nSPS) is 9.64. The Labute approximate surface area is 89.4 Å². The molecule has 0 bridgehead atoms. The van der Waals surface area contributed by atoms with Gasteiger partial charge >= 0.3 is 0 Å². The fourth-order valence-electron chi connectivity index (χ4n) is 0.788. The maximum atomic E-state index is 12.8. The van der Waals surface area contributed by atoms with E-state index in [0.29, 0.717) is 10.2 Å². The summed E-state index contributed by atoms with van der Waals surface area (Å²) < 4.78 is 18.2. The number of amides is 1. The molecule has 1 N–H and O–H groups in total. The molecule has 0 saturated carbocycles. The van der Waals surface area contributed by atoms with Gasteiger partial charge in [0, 0.05) is 7.05 Å². The summed E-state index contributed by atoms with van der Waals surface area (Å²) in [6.45, 7) is -0.0748. The van der Waals surface area contributed by atoms with Crippen LogP contribution in [-0.2, 0) is 4.79 Å². The molecular formula is C9H9BrFNO2. The molecule has 76 valence electrons. The van der Waals surface area contributed by atoms with E-state index >= 15 is 0 Å². The second-order valence-electron chi connectivity index (χ2n) is 2.54. The number of ether oxygens (including phenoxy) is 1. The number of nitrogens with one attached hydrogen (secondary N) is 1. The van der Waals surface area contributed by atoms with E-state index in [0.717, 1.165) is 0 Å². The van der Waals surface area contributed by atoms with Crippen molar-refractivity contribution in [3.05, 3.63) is 28.5 Å². The van der Waals surface area contributed by atoms with Crippen LogP contribution < -0.4 is 10.1 Å². The molecule has 0 atom stereocenters. The van der Waals surface area contributed by atoms with E-state index in [1.807, 2.05) is 0 Å². The van der Waals surface area contributed by atoms with Crippen LogP contribution in [0.1, 0.15) is 0 Å². The predicted octanol–water partition coefficient (Wildman–Crippen LogP) is 1.71. The predicted molar refractivity (Wildman–Crippen MR) is 53.7 cm³/mol. The molecule has 0 radical (unpaired) electrons. The zero-order valence-corrected chi connectivity index (χ0v) is 9.10. The molecule has 1 amide bonds. The van der Waals surface area contributed by atoms with E-state index in [1.165, 1.54) is 25.2 Å². The molecule has 0 aromatic heterocycles. The van der Waals surface area contributed by atoms with Gasteiger partial charge in [-0.3, -0.25) is 4.79 Å². The molecule has 0 unspecified atom stereocenters. The van der Waals surface area contributed by atoms with Crippen LogP contribution in [0.4, 0.5) is 4.39 Å². The van der Waals surface area contributed by atoms with Crippen LogP contribution in [0, 0.1) is 5.82 Å². The first-order valence-electron chi connectivity index (χ1n) is 3.92. The molecule has 0 heterocycles. The van der Waals surface area contributed by atoms with E-state index in [1.54, 1.807) is 0 Å². The molecular weight excluding hydrogens is 253 g/mol. The molecule has 0 fully saturated rings. The Morgan fingerprint density at radius 2 is 2.36 bits per heavy atom. The van der Waals surface area contributed by atoms with Gasteiger partial charge < -0.3 is 10.1 Å². The fraction of sp³-hybridized carbons (Fsp3) is 0.222. The zero-order chi connectivity index (χ0) is 10.6. The second-order valence-corrected chi connectivity index (χ2v) is 3.39. The van der Waals surface area contributed by atoms with E-state index < -0.39 is 0 Å². The minimum absolute atomic E-state index is 0.0748. The Kier molecular flexibility index (Phi) is 3.88. The van der Waals surface area contributed by atoms with E-state index in [2.05, 4.69) is 21.2 Å². The second kappa shape index (κ2) is 4.95. The summed E-state index contributed by atoms with van der Waals surface area (Å²) in [6.07, 6.45) is 0. The largest absolute Gasteiger partial charge is 0.484 e. The summed E-state index contributed by atoms with van der Waals surface area (Å²) >= 11 is 3.01. The van der Waals surface area contributed by atoms with Crippen molar-refractivity contribution in [3.63, 3.8) is 0 Å². The standard InChI is InChI=1S/C9H9BrFNO2/c1-12-9(13)5-14-6-2-3-8(11)7(10)4-6/h2-4H,5H2,1H3,(H,12,13). The van der Waals surface area contributed by atoms with Crippen LogP contribution in [0.2, 0.25) is 0 Å². The Bertz CT molecular complexity index is 344. The van der Waals surface area contributed by atoms with Gasteiger partial charge in [0.15, 0.2) is 6.61 Å². The monoisotopic (exact) mass is 261 g/mol. The van der Waals surface area contributed by atoms with Gasteiger partial charge in [-0.2, -0.15) is 0 Å². The lowest BCUT2D eigenvalue weighted by Crippen LogP contribution is -2.24. The fourth-order valence-corrected chi connectivity index (χ4v) is 1.15. The summed E-state index contributed by atoms with van der Waals surface area (Å²) in [6, 6.07) is 4.20. The van der Waals surface area contributed by atoms with Gasteiger partial charge in [0.2, 0.25) is 0 Å². The van der Waals surface area contributed by atoms with Gasteiger partial charge in [-0.1, -0.05) is 0 Å². The Morgan fingerprint density at radius 3 is 2.93 bits per heavy atom. The number of halogens is 2. The van der Waals surface area contributed by atoms with Gasteiger partial charge in [-0.25, -0.2) is 4.39 Å². The topological polar surface area (TPSA) is 38.3 Å². The van der Waals surface area contributed by atoms with Crippen LogP contribution in [0.15, 0.2) is 22.7 Å². The molecule has 0 aliphatic heterocycles. The maximum absolute atomic E-state index is 12.8. The highest BCUT2D eigenvalue weighted by atomic mass is 79.9. The lowest BCUT2D eigenvalue weighted by Gasteiger charge is -2.05. The maximum Gasteiger partial charge on any atom is 0.257 e. The number of hydrogen-bond acceptors (Lipinski definition) is 2. The number of benzene rings is 1. The first kappa shape index (κ1) is 11.0. The molecule has 1 rings (SSSR count). The zero-order valence-electron chi connectivity index (χ0n) is 7.51. The number of rotatable bonds is 3. The summed E-state index contributed by atoms with van der Waals surface area (Å²) in [5, 5.41) is 2.41. The van der Waals surface area contributed by atoms with Gasteiger partial charge in [0.1, 0.15) is 11.6 Å². The van der Waals surface area contributed by atoms with Crippen molar-refractivity contribution in [2.45, 2.75) is 0 Å². The Hall–Kier alpha value is -1.10. The summed E-state index contributed by atoms with van der Waals surface area (Å²) in [4.78, 5) is 10.8. The van der Waals surface area contributed by atoms with Gasteiger partial charge in [-0.05, 0) is 34.1 Å². The van der Waals surface area contributed by atoms with Crippen LogP contribution >= 0.6 is 15.9 Å². The molecule has 14 heavy (non-hydrogen) atoms. The molecule has 0 saturated heterocycles. The van der Waals surface area contributed by atoms with E-state index in [-0.39, 0.29) is 18.3 Å². The van der Waals surface area contributed by atoms with Crippen molar-refractivity contribution in [1.82, 2.24) is 5.32 Å². The van der Waals surface area contributed by atoms with E-state index in [4.69, 9.17) is 4.74 Å². The number of hydrogen-bond donors (Lipinski definition) is 1. The quantitative estimate of drug-likeness (QED) is 0.900. The number of carbonyl (C=O) groups excluding carboxylic acids is 1. The first-order chi connectivity index (χ1) is 6.63. The molecule has 5 heteroatoms. The van der Waals surface area contributed by atoms with Crippen molar-refractivity contribution in [2.75, 3.05) is 13.7 Å². The van der Waals surface area contributed by atoms with Crippen LogP contribution in [0.25, 0.3) is 0 Å². The van der Waals surface area contributed by atoms with Crippen molar-refractivity contribution < 1.29 is 13.9 Å². The SMILES string of the molecule is CNC(=O)COc1ccc(F)c(Br)c1. The van der Waals surface area contributed by atoms with Crippen molar-refractivity contribution >= 4 is 21.8 Å². The van der Waals surface area contributed by atoms with Crippen molar-refractivity contribution in [3.8, 4) is 5.75 Å². The Balaban J connectivity index is 2.60. The third kappa shape index (κ3) is 2.99. The smallest absolute Gasteiger partial charge is 0.257 e. The number of likely N-dealkylation sites (N-methyl/N-ethyl adjacent to an activating group) is 1. The molecule has 1 aromatic rings. The molecule has 3 nitrogen and oxygen atoms in total. The van der Waals surface area contributed by atoms with Crippen molar-refractivity contribution in [1.29, 1.82) is 0 Å². The van der Waals surface area contributed by atoms with Crippen LogP contribution in [0.3, 0.4) is 0 Å². The number of carbonyl (C=O) groups is 1. The lowest BCUT2D eigenvalue weighted by atomic mass is 10.3. The van der Waals surface area contributed by atoms with Gasteiger partial charge in [0.25, 0.3) is 5.91 Å². The molecule has 0 aliphatic carbocycles. The third-order valence-corrected chi connectivity index (χ3v) is 2.15. The highest BCUT2D eigenvalue weighted by Gasteiger charge is 2.03. The minimum Gasteiger partial charge on any atom is -0.484 e. The average Bonchev–Trinajstić information content (AvgIpc) is 2.19. The molecule has 0 aliphatic rings. The summed E-state index contributed by atoms with van der Waals surface area (Å²) in [5.41, 5.74) is 0. The minimum atomic E-state index is -0.364. The van der Waals surface area contributed by atoms with Crippen LogP contribution in [0.5, 0.6) is 5.75 Å². The van der Waals surface area contributed by atoms with Crippen LogP contribution in [-0.4, -0.2) is 19.6 Å². The third-order valence-electron chi connectivity index (χ3n) is 1.54. The van der Waals surface area contributed by atoms with Gasteiger partial charge in [-0.15, -0.1) is 0 Å².